The summed E-state index contributed by atoms with van der Waals surface area (Å²) in [5.41, 5.74) is 1.60. The van der Waals surface area contributed by atoms with Crippen LogP contribution >= 0.6 is 0 Å². The molecule has 10 heteroatoms. The number of rotatable bonds is 7. The summed E-state index contributed by atoms with van der Waals surface area (Å²) in [5.74, 6) is -0.489. The van der Waals surface area contributed by atoms with Crippen molar-refractivity contribution in [1.82, 2.24) is 14.6 Å². The zero-order valence-corrected chi connectivity index (χ0v) is 18.4. The van der Waals surface area contributed by atoms with Crippen molar-refractivity contribution >= 4 is 27.5 Å². The number of ether oxygens (including phenoxy) is 1. The Morgan fingerprint density at radius 1 is 1.09 bits per heavy atom. The second-order valence-electron chi connectivity index (χ2n) is 7.33. The number of hydrogen-bond donors (Lipinski definition) is 2. The number of nitrogens with one attached hydrogen (secondary N) is 2. The maximum absolute atomic E-state index is 12.9. The van der Waals surface area contributed by atoms with Crippen LogP contribution in [0.1, 0.15) is 15.9 Å². The van der Waals surface area contributed by atoms with Gasteiger partial charge in [0.05, 0.1) is 11.4 Å². The normalized spacial score (nSPS) is 14.4. The summed E-state index contributed by atoms with van der Waals surface area (Å²) in [4.78, 5) is 28.5. The molecule has 4 rings (SSSR count). The molecule has 1 saturated heterocycles. The number of anilines is 1. The van der Waals surface area contributed by atoms with E-state index < -0.39 is 15.9 Å². The minimum Gasteiger partial charge on any atom is -0.473 e. The summed E-state index contributed by atoms with van der Waals surface area (Å²) >= 11 is 0. The van der Waals surface area contributed by atoms with E-state index in [1.807, 2.05) is 30.3 Å². The van der Waals surface area contributed by atoms with Crippen LogP contribution in [0.25, 0.3) is 0 Å². The topological polar surface area (TPSA) is 118 Å². The van der Waals surface area contributed by atoms with Crippen molar-refractivity contribution < 1.29 is 22.7 Å². The van der Waals surface area contributed by atoms with Crippen molar-refractivity contribution in [2.24, 2.45) is 0 Å². The fraction of sp³-hybridized carbons (Fsp3) is 0.174. The van der Waals surface area contributed by atoms with Crippen LogP contribution < -0.4 is 15.4 Å². The average molecular weight is 467 g/mol. The monoisotopic (exact) mass is 466 g/mol. The zero-order chi connectivity index (χ0) is 23.3. The zero-order valence-electron chi connectivity index (χ0n) is 17.6. The van der Waals surface area contributed by atoms with E-state index in [2.05, 4.69) is 15.6 Å². The number of sulfonamides is 1. The highest BCUT2D eigenvalue weighted by Gasteiger charge is 2.29. The molecule has 0 radical (unpaired) electrons. The quantitative estimate of drug-likeness (QED) is 0.550. The lowest BCUT2D eigenvalue weighted by Crippen LogP contribution is -2.49. The molecule has 170 valence electrons. The van der Waals surface area contributed by atoms with Crippen molar-refractivity contribution in [1.29, 1.82) is 0 Å². The molecule has 9 nitrogen and oxygen atoms in total. The third-order valence-corrected chi connectivity index (χ3v) is 6.80. The minimum absolute atomic E-state index is 0.00314. The van der Waals surface area contributed by atoms with Gasteiger partial charge in [0, 0.05) is 36.6 Å². The molecule has 2 amide bonds. The van der Waals surface area contributed by atoms with Crippen LogP contribution in [0.4, 0.5) is 5.69 Å². The van der Waals surface area contributed by atoms with Crippen LogP contribution in [0.15, 0.2) is 77.8 Å². The number of aromatic nitrogens is 1. The van der Waals surface area contributed by atoms with Gasteiger partial charge in [-0.05, 0) is 29.8 Å². The first kappa shape index (κ1) is 22.4. The predicted octanol–water partition coefficient (Wildman–Crippen LogP) is 2.03. The van der Waals surface area contributed by atoms with Gasteiger partial charge in [0.15, 0.2) is 0 Å². The van der Waals surface area contributed by atoms with Crippen molar-refractivity contribution in [3.8, 4) is 5.88 Å². The molecule has 0 aliphatic carbocycles. The Bertz CT molecular complexity index is 1260. The van der Waals surface area contributed by atoms with Gasteiger partial charge in [0.25, 0.3) is 5.91 Å². The molecule has 2 N–H and O–H groups in total. The molecular weight excluding hydrogens is 444 g/mol. The van der Waals surface area contributed by atoms with E-state index in [4.69, 9.17) is 4.74 Å². The van der Waals surface area contributed by atoms with Crippen molar-refractivity contribution in [3.63, 3.8) is 0 Å². The van der Waals surface area contributed by atoms with E-state index in [0.717, 1.165) is 9.87 Å². The number of carbonyl (C=O) groups excluding carboxylic acids is 2. The van der Waals surface area contributed by atoms with Crippen LogP contribution in [0.5, 0.6) is 5.88 Å². The Hall–Kier alpha value is -3.76. The lowest BCUT2D eigenvalue weighted by atomic mass is 10.2. The molecule has 2 heterocycles. The highest BCUT2D eigenvalue weighted by molar-refractivity contribution is 7.89. The number of pyridine rings is 1. The fourth-order valence-electron chi connectivity index (χ4n) is 3.27. The first-order valence-corrected chi connectivity index (χ1v) is 11.7. The van der Waals surface area contributed by atoms with E-state index in [0.29, 0.717) is 23.7 Å². The maximum atomic E-state index is 12.9. The molecule has 3 aromatic rings. The van der Waals surface area contributed by atoms with Crippen molar-refractivity contribution in [2.75, 3.05) is 25.0 Å². The van der Waals surface area contributed by atoms with Crippen LogP contribution in [0.2, 0.25) is 0 Å². The standard InChI is InChI=1S/C23H22N4O5S/c28-21-15-27(12-11-24-21)33(30,31)20-8-4-7-19(14-20)26-23(29)18-9-10-25-22(13-18)32-16-17-5-2-1-3-6-17/h1-10,13-14H,11-12,15-16H2,(H,24,28)(H,26,29). The Morgan fingerprint density at radius 3 is 2.70 bits per heavy atom. The molecule has 0 atom stereocenters. The van der Waals surface area contributed by atoms with E-state index in [-0.39, 0.29) is 30.4 Å². The van der Waals surface area contributed by atoms with Gasteiger partial charge in [-0.2, -0.15) is 4.31 Å². The first-order chi connectivity index (χ1) is 15.9. The number of nitrogens with zero attached hydrogens (tertiary/aromatic N) is 2. The van der Waals surface area contributed by atoms with E-state index in [9.17, 15) is 18.0 Å². The molecule has 0 saturated carbocycles. The number of hydrogen-bond acceptors (Lipinski definition) is 6. The lowest BCUT2D eigenvalue weighted by Gasteiger charge is -2.26. The van der Waals surface area contributed by atoms with Crippen LogP contribution in [0.3, 0.4) is 0 Å². The van der Waals surface area contributed by atoms with Crippen LogP contribution in [0, 0.1) is 0 Å². The Labute approximate surface area is 191 Å². The highest BCUT2D eigenvalue weighted by Crippen LogP contribution is 2.21. The molecule has 0 bridgehead atoms. The maximum Gasteiger partial charge on any atom is 0.255 e. The van der Waals surface area contributed by atoms with Gasteiger partial charge < -0.3 is 15.4 Å². The summed E-state index contributed by atoms with van der Waals surface area (Å²) in [5, 5.41) is 5.30. The van der Waals surface area contributed by atoms with Gasteiger partial charge >= 0.3 is 0 Å². The second kappa shape index (κ2) is 9.80. The largest absolute Gasteiger partial charge is 0.473 e. The van der Waals surface area contributed by atoms with E-state index in [1.54, 1.807) is 6.07 Å². The fourth-order valence-corrected chi connectivity index (χ4v) is 4.71. The van der Waals surface area contributed by atoms with Gasteiger partial charge in [-0.3, -0.25) is 9.59 Å². The third kappa shape index (κ3) is 5.54. The summed E-state index contributed by atoms with van der Waals surface area (Å²) in [7, 11) is -3.87. The molecule has 0 spiro atoms. The number of benzene rings is 2. The molecule has 1 fully saturated rings. The number of carbonyl (C=O) groups is 2. The summed E-state index contributed by atoms with van der Waals surface area (Å²) < 4.78 is 32.5. The smallest absolute Gasteiger partial charge is 0.255 e. The summed E-state index contributed by atoms with van der Waals surface area (Å²) in [6, 6.07) is 18.6. The average Bonchev–Trinajstić information content (AvgIpc) is 2.84. The van der Waals surface area contributed by atoms with E-state index >= 15 is 0 Å². The van der Waals surface area contributed by atoms with Gasteiger partial charge in [-0.15, -0.1) is 0 Å². The predicted molar refractivity (Wildman–Crippen MR) is 121 cm³/mol. The third-order valence-electron chi connectivity index (χ3n) is 4.96. The Kier molecular flexibility index (Phi) is 6.66. The molecule has 33 heavy (non-hydrogen) atoms. The number of piperazine rings is 1. The van der Waals surface area contributed by atoms with Crippen molar-refractivity contribution in [3.05, 3.63) is 84.1 Å². The van der Waals surface area contributed by atoms with Gasteiger partial charge in [-0.25, -0.2) is 13.4 Å². The van der Waals surface area contributed by atoms with Crippen LogP contribution in [-0.2, 0) is 21.4 Å². The summed E-state index contributed by atoms with van der Waals surface area (Å²) in [6.07, 6.45) is 1.47. The van der Waals surface area contributed by atoms with Gasteiger partial charge in [0.2, 0.25) is 21.8 Å². The van der Waals surface area contributed by atoms with Gasteiger partial charge in [-0.1, -0.05) is 36.4 Å². The molecule has 0 unspecified atom stereocenters. The lowest BCUT2D eigenvalue weighted by molar-refractivity contribution is -0.122. The molecule has 1 aliphatic rings. The van der Waals surface area contributed by atoms with Crippen molar-refractivity contribution in [2.45, 2.75) is 11.5 Å². The summed E-state index contributed by atoms with van der Waals surface area (Å²) in [6.45, 7) is 0.522. The van der Waals surface area contributed by atoms with Crippen LogP contribution in [-0.4, -0.2) is 49.2 Å². The number of amides is 2. The molecule has 1 aromatic heterocycles. The molecule has 1 aliphatic heterocycles. The SMILES string of the molecule is O=C1CN(S(=O)(=O)c2cccc(NC(=O)c3ccnc(OCc4ccccc4)c3)c2)CCN1. The molecular formula is C23H22N4O5S. The Balaban J connectivity index is 1.45. The minimum atomic E-state index is -3.87. The Morgan fingerprint density at radius 2 is 1.91 bits per heavy atom. The second-order valence-corrected chi connectivity index (χ2v) is 9.27. The van der Waals surface area contributed by atoms with Gasteiger partial charge in [0.1, 0.15) is 6.61 Å². The van der Waals surface area contributed by atoms with E-state index in [1.165, 1.54) is 36.5 Å². The highest BCUT2D eigenvalue weighted by atomic mass is 32.2. The first-order valence-electron chi connectivity index (χ1n) is 10.2. The molecule has 2 aromatic carbocycles.